The molecule has 0 radical (unpaired) electrons. The predicted octanol–water partition coefficient (Wildman–Crippen LogP) is 3.51. The number of rotatable bonds is 2. The van der Waals surface area contributed by atoms with Crippen molar-refractivity contribution in [3.05, 3.63) is 29.8 Å². The topological polar surface area (TPSA) is 3.24 Å². The van der Waals surface area contributed by atoms with E-state index in [-0.39, 0.29) is 0 Å². The second-order valence-corrected chi connectivity index (χ2v) is 10.6. The van der Waals surface area contributed by atoms with Crippen LogP contribution in [-0.2, 0) is 0 Å². The number of hydrogen-bond acceptors (Lipinski definition) is 1. The van der Waals surface area contributed by atoms with Crippen LogP contribution in [0.2, 0.25) is 19.6 Å². The van der Waals surface area contributed by atoms with Crippen LogP contribution in [-0.4, -0.2) is 21.2 Å². The molecule has 1 aromatic carbocycles. The van der Waals surface area contributed by atoms with Crippen molar-refractivity contribution in [1.82, 2.24) is 0 Å². The Morgan fingerprint density at radius 3 is 2.53 bits per heavy atom. The van der Waals surface area contributed by atoms with Crippen molar-refractivity contribution in [3.8, 4) is 11.5 Å². The third kappa shape index (κ3) is 3.64. The highest BCUT2D eigenvalue weighted by Crippen LogP contribution is 2.30. The Morgan fingerprint density at radius 2 is 1.94 bits per heavy atom. The van der Waals surface area contributed by atoms with Crippen molar-refractivity contribution in [1.29, 1.82) is 0 Å². The van der Waals surface area contributed by atoms with Crippen LogP contribution in [0, 0.1) is 11.5 Å². The van der Waals surface area contributed by atoms with Gasteiger partial charge in [0.1, 0.15) is 8.07 Å². The molecule has 0 saturated heterocycles. The van der Waals surface area contributed by atoms with Gasteiger partial charge in [0, 0.05) is 24.3 Å². The summed E-state index contributed by atoms with van der Waals surface area (Å²) in [7, 11) is 0.914. The molecule has 0 bridgehead atoms. The highest BCUT2D eigenvalue weighted by molar-refractivity contribution is 6.83. The quantitative estimate of drug-likeness (QED) is 0.567. The van der Waals surface area contributed by atoms with E-state index < -0.39 is 8.07 Å². The molecule has 0 amide bonds. The first kappa shape index (κ1) is 12.3. The van der Waals surface area contributed by atoms with Gasteiger partial charge in [0.25, 0.3) is 0 Å². The molecule has 1 nitrogen and oxygen atoms in total. The minimum atomic E-state index is -1.27. The van der Waals surface area contributed by atoms with Gasteiger partial charge >= 0.3 is 0 Å². The Hall–Kier alpha value is -1.20. The maximum absolute atomic E-state index is 3.42. The van der Waals surface area contributed by atoms with Gasteiger partial charge in [-0.1, -0.05) is 31.6 Å². The molecule has 17 heavy (non-hydrogen) atoms. The minimum Gasteiger partial charge on any atom is -0.372 e. The van der Waals surface area contributed by atoms with Crippen LogP contribution < -0.4 is 4.90 Å². The number of hydrogen-bond donors (Lipinski definition) is 0. The molecule has 0 spiro atoms. The fourth-order valence-electron chi connectivity index (χ4n) is 1.74. The van der Waals surface area contributed by atoms with Crippen LogP contribution in [0.3, 0.4) is 0 Å². The van der Waals surface area contributed by atoms with Crippen LogP contribution in [0.25, 0.3) is 0 Å². The van der Waals surface area contributed by atoms with Gasteiger partial charge in [0.2, 0.25) is 0 Å². The summed E-state index contributed by atoms with van der Waals surface area (Å²) in [6.45, 7) is 6.83. The molecule has 0 unspecified atom stereocenters. The highest BCUT2D eigenvalue weighted by Gasteiger charge is 2.26. The summed E-state index contributed by atoms with van der Waals surface area (Å²) in [6.07, 6.45) is 2.67. The molecule has 1 aliphatic carbocycles. The number of benzene rings is 1. The van der Waals surface area contributed by atoms with Gasteiger partial charge < -0.3 is 4.90 Å². The largest absolute Gasteiger partial charge is 0.372 e. The summed E-state index contributed by atoms with van der Waals surface area (Å²) in [5.74, 6) is 3.32. The standard InChI is InChI=1S/C15H21NSi/c1-16(14-8-9-14)15-7-5-6-13(12-15)10-11-17(2,3)4/h5-7,12,14H,8-9H2,1-4H3. The summed E-state index contributed by atoms with van der Waals surface area (Å²) in [5, 5.41) is 0. The van der Waals surface area contributed by atoms with Crippen molar-refractivity contribution < 1.29 is 0 Å². The fourth-order valence-corrected chi connectivity index (χ4v) is 2.25. The zero-order chi connectivity index (χ0) is 12.5. The van der Waals surface area contributed by atoms with Crippen LogP contribution in [0.15, 0.2) is 24.3 Å². The highest BCUT2D eigenvalue weighted by atomic mass is 28.3. The molecule has 1 aliphatic rings. The van der Waals surface area contributed by atoms with Gasteiger partial charge in [-0.15, -0.1) is 5.54 Å². The Labute approximate surface area is 106 Å². The third-order valence-electron chi connectivity index (χ3n) is 2.93. The summed E-state index contributed by atoms with van der Waals surface area (Å²) < 4.78 is 0. The smallest absolute Gasteiger partial charge is 0.129 e. The number of anilines is 1. The SMILES string of the molecule is CN(c1cccc(C#C[Si](C)(C)C)c1)C1CC1. The lowest BCUT2D eigenvalue weighted by atomic mass is 10.2. The molecule has 2 heteroatoms. The van der Waals surface area contributed by atoms with E-state index in [1.165, 1.54) is 18.5 Å². The third-order valence-corrected chi connectivity index (χ3v) is 3.80. The Bertz CT molecular complexity index is 458. The van der Waals surface area contributed by atoms with E-state index in [1.54, 1.807) is 0 Å². The molecule has 0 atom stereocenters. The molecule has 2 rings (SSSR count). The molecule has 0 N–H and O–H groups in total. The summed E-state index contributed by atoms with van der Waals surface area (Å²) in [4.78, 5) is 2.37. The van der Waals surface area contributed by atoms with E-state index in [1.807, 2.05) is 0 Å². The van der Waals surface area contributed by atoms with E-state index in [0.29, 0.717) is 0 Å². The monoisotopic (exact) mass is 243 g/mol. The molecule has 0 aliphatic heterocycles. The lowest BCUT2D eigenvalue weighted by Crippen LogP contribution is -2.19. The van der Waals surface area contributed by atoms with Crippen molar-refractivity contribution in [3.63, 3.8) is 0 Å². The van der Waals surface area contributed by atoms with Crippen LogP contribution in [0.1, 0.15) is 18.4 Å². The van der Waals surface area contributed by atoms with Crippen LogP contribution in [0.4, 0.5) is 5.69 Å². The molecular formula is C15H21NSi. The fraction of sp³-hybridized carbons (Fsp3) is 0.467. The van der Waals surface area contributed by atoms with Crippen LogP contribution in [0.5, 0.6) is 0 Å². The van der Waals surface area contributed by atoms with E-state index in [0.717, 1.165) is 11.6 Å². The first-order valence-corrected chi connectivity index (χ1v) is 9.82. The van der Waals surface area contributed by atoms with Crippen molar-refractivity contribution in [2.24, 2.45) is 0 Å². The first-order valence-electron chi connectivity index (χ1n) is 6.32. The molecule has 90 valence electrons. The van der Waals surface area contributed by atoms with Crippen molar-refractivity contribution in [2.75, 3.05) is 11.9 Å². The van der Waals surface area contributed by atoms with Crippen molar-refractivity contribution >= 4 is 13.8 Å². The van der Waals surface area contributed by atoms with Gasteiger partial charge in [0.05, 0.1) is 0 Å². The number of nitrogens with zero attached hydrogens (tertiary/aromatic N) is 1. The molecule has 1 saturated carbocycles. The van der Waals surface area contributed by atoms with Crippen molar-refractivity contribution in [2.45, 2.75) is 38.5 Å². The Morgan fingerprint density at radius 1 is 1.24 bits per heavy atom. The zero-order valence-electron chi connectivity index (χ0n) is 11.2. The zero-order valence-corrected chi connectivity index (χ0v) is 12.2. The Kier molecular flexibility index (Phi) is 3.30. The van der Waals surface area contributed by atoms with Gasteiger partial charge in [-0.05, 0) is 31.0 Å². The molecule has 1 fully saturated rings. The molecule has 0 aromatic heterocycles. The normalized spacial score (nSPS) is 15.1. The average molecular weight is 243 g/mol. The predicted molar refractivity (Wildman–Crippen MR) is 78.1 cm³/mol. The van der Waals surface area contributed by atoms with Gasteiger partial charge in [-0.2, -0.15) is 0 Å². The Balaban J connectivity index is 2.18. The van der Waals surface area contributed by atoms with E-state index >= 15 is 0 Å². The van der Waals surface area contributed by atoms with Gasteiger partial charge in [0.15, 0.2) is 0 Å². The summed E-state index contributed by atoms with van der Waals surface area (Å²) in [6, 6.07) is 9.37. The van der Waals surface area contributed by atoms with E-state index in [2.05, 4.69) is 67.3 Å². The van der Waals surface area contributed by atoms with E-state index in [4.69, 9.17) is 0 Å². The van der Waals surface area contributed by atoms with E-state index in [9.17, 15) is 0 Å². The minimum absolute atomic E-state index is 0.759. The molecule has 0 heterocycles. The molecule has 1 aromatic rings. The maximum atomic E-state index is 3.42. The van der Waals surface area contributed by atoms with Gasteiger partial charge in [-0.3, -0.25) is 0 Å². The lowest BCUT2D eigenvalue weighted by molar-refractivity contribution is 0.917. The maximum Gasteiger partial charge on any atom is 0.129 e. The first-order chi connectivity index (χ1) is 7.96. The molecular weight excluding hydrogens is 222 g/mol. The summed E-state index contributed by atoms with van der Waals surface area (Å²) >= 11 is 0. The van der Waals surface area contributed by atoms with Crippen LogP contribution >= 0.6 is 0 Å². The second kappa shape index (κ2) is 4.58. The lowest BCUT2D eigenvalue weighted by Gasteiger charge is -2.18. The second-order valence-electron chi connectivity index (χ2n) is 5.89. The average Bonchev–Trinajstić information content (AvgIpc) is 3.09. The summed E-state index contributed by atoms with van der Waals surface area (Å²) in [5.41, 5.74) is 5.87. The van der Waals surface area contributed by atoms with Gasteiger partial charge in [-0.25, -0.2) is 0 Å².